The van der Waals surface area contributed by atoms with Gasteiger partial charge in [0.05, 0.1) is 6.61 Å². The number of hydrogen-bond donors (Lipinski definition) is 1. The Morgan fingerprint density at radius 2 is 2.04 bits per heavy atom. The number of carbonyl (C=O) groups excluding carboxylic acids is 1. The fourth-order valence-electron chi connectivity index (χ4n) is 2.09. The number of nitrogens with zero attached hydrogens (tertiary/aromatic N) is 3. The number of carbonyl (C=O) groups is 1. The van der Waals surface area contributed by atoms with Crippen LogP contribution in [0.2, 0.25) is 0 Å². The second-order valence-corrected chi connectivity index (χ2v) is 6.71. The van der Waals surface area contributed by atoms with Crippen LogP contribution in [0.25, 0.3) is 6.08 Å². The molecule has 1 amide bonds. The first-order valence-corrected chi connectivity index (χ1v) is 9.46. The molecule has 26 heavy (non-hydrogen) atoms. The Bertz CT molecular complexity index is 791. The lowest BCUT2D eigenvalue weighted by molar-refractivity contribution is -0.112. The van der Waals surface area contributed by atoms with Gasteiger partial charge < -0.3 is 4.74 Å². The minimum Gasteiger partial charge on any atom is -0.494 e. The molecule has 2 aromatic rings. The number of aromatic nitrogens is 2. The van der Waals surface area contributed by atoms with Crippen molar-refractivity contribution in [3.05, 3.63) is 40.4 Å². The molecule has 0 radical (unpaired) electrons. The molecule has 0 saturated carbocycles. The van der Waals surface area contributed by atoms with Crippen molar-refractivity contribution in [3.8, 4) is 11.8 Å². The minimum absolute atomic E-state index is 0.0110. The van der Waals surface area contributed by atoms with Gasteiger partial charge in [0.25, 0.3) is 5.91 Å². The number of amides is 1. The van der Waals surface area contributed by atoms with Gasteiger partial charge in [0.1, 0.15) is 22.4 Å². The van der Waals surface area contributed by atoms with Crippen molar-refractivity contribution >= 4 is 28.5 Å². The van der Waals surface area contributed by atoms with Crippen LogP contribution in [0, 0.1) is 11.3 Å². The maximum atomic E-state index is 12.3. The summed E-state index contributed by atoms with van der Waals surface area (Å²) in [7, 11) is 0. The Morgan fingerprint density at radius 1 is 1.27 bits per heavy atom. The van der Waals surface area contributed by atoms with Gasteiger partial charge in [0.2, 0.25) is 5.13 Å². The van der Waals surface area contributed by atoms with Crippen LogP contribution >= 0.6 is 11.3 Å². The van der Waals surface area contributed by atoms with Crippen LogP contribution < -0.4 is 10.1 Å². The lowest BCUT2D eigenvalue weighted by Crippen LogP contribution is -2.13. The van der Waals surface area contributed by atoms with Gasteiger partial charge in [0, 0.05) is 6.42 Å². The first-order chi connectivity index (χ1) is 12.7. The maximum absolute atomic E-state index is 12.3. The highest BCUT2D eigenvalue weighted by molar-refractivity contribution is 7.15. The second kappa shape index (κ2) is 10.3. The third-order valence-corrected chi connectivity index (χ3v) is 4.37. The summed E-state index contributed by atoms with van der Waals surface area (Å²) in [4.78, 5) is 12.3. The van der Waals surface area contributed by atoms with Crippen molar-refractivity contribution < 1.29 is 9.53 Å². The zero-order valence-corrected chi connectivity index (χ0v) is 15.8. The molecule has 0 aliphatic rings. The molecule has 1 heterocycles. The van der Waals surface area contributed by atoms with Crippen molar-refractivity contribution in [2.75, 3.05) is 11.9 Å². The molecule has 7 heteroatoms. The van der Waals surface area contributed by atoms with E-state index >= 15 is 0 Å². The molecule has 0 fully saturated rings. The molecular formula is C19H22N4O2S. The highest BCUT2D eigenvalue weighted by Gasteiger charge is 2.12. The van der Waals surface area contributed by atoms with Gasteiger partial charge in [-0.15, -0.1) is 10.2 Å². The van der Waals surface area contributed by atoms with Crippen LogP contribution in [0.15, 0.2) is 29.8 Å². The molecule has 6 nitrogen and oxygen atoms in total. The molecule has 1 aromatic heterocycles. The maximum Gasteiger partial charge on any atom is 0.268 e. The molecule has 0 saturated heterocycles. The normalized spacial score (nSPS) is 11.0. The zero-order chi connectivity index (χ0) is 18.8. The van der Waals surface area contributed by atoms with Crippen LogP contribution in [0.5, 0.6) is 5.75 Å². The van der Waals surface area contributed by atoms with E-state index in [0.717, 1.165) is 42.0 Å². The molecule has 2 rings (SSSR count). The molecular weight excluding hydrogens is 348 g/mol. The summed E-state index contributed by atoms with van der Waals surface area (Å²) >= 11 is 1.32. The van der Waals surface area contributed by atoms with Crippen molar-refractivity contribution in [1.82, 2.24) is 10.2 Å². The quantitative estimate of drug-likeness (QED) is 0.406. The van der Waals surface area contributed by atoms with Crippen molar-refractivity contribution in [2.45, 2.75) is 39.5 Å². The molecule has 136 valence electrons. The Balaban J connectivity index is 2.01. The van der Waals surface area contributed by atoms with Crippen LogP contribution in [-0.4, -0.2) is 22.7 Å². The Hall–Kier alpha value is -2.72. The van der Waals surface area contributed by atoms with E-state index in [1.165, 1.54) is 11.3 Å². The predicted octanol–water partition coefficient (Wildman–Crippen LogP) is 4.22. The molecule has 1 aromatic carbocycles. The van der Waals surface area contributed by atoms with Crippen LogP contribution in [-0.2, 0) is 11.2 Å². The topological polar surface area (TPSA) is 87.9 Å². The monoisotopic (exact) mass is 370 g/mol. The second-order valence-electron chi connectivity index (χ2n) is 5.65. The largest absolute Gasteiger partial charge is 0.494 e. The van der Waals surface area contributed by atoms with Crippen molar-refractivity contribution in [1.29, 1.82) is 5.26 Å². The van der Waals surface area contributed by atoms with E-state index in [0.29, 0.717) is 11.7 Å². The van der Waals surface area contributed by atoms with Gasteiger partial charge in [0.15, 0.2) is 0 Å². The van der Waals surface area contributed by atoms with Crippen LogP contribution in [0.3, 0.4) is 0 Å². The Morgan fingerprint density at radius 3 is 2.69 bits per heavy atom. The number of anilines is 1. The number of benzene rings is 1. The third kappa shape index (κ3) is 5.97. The average Bonchev–Trinajstić information content (AvgIpc) is 3.08. The first kappa shape index (κ1) is 19.6. The lowest BCUT2D eigenvalue weighted by atomic mass is 10.1. The van der Waals surface area contributed by atoms with Gasteiger partial charge in [-0.3, -0.25) is 10.1 Å². The van der Waals surface area contributed by atoms with Gasteiger partial charge >= 0.3 is 0 Å². The molecule has 1 N–H and O–H groups in total. The summed E-state index contributed by atoms with van der Waals surface area (Å²) in [5.41, 5.74) is 0.764. The fourth-order valence-corrected chi connectivity index (χ4v) is 2.93. The van der Waals surface area contributed by atoms with E-state index in [1.54, 1.807) is 6.08 Å². The van der Waals surface area contributed by atoms with Crippen LogP contribution in [0.4, 0.5) is 5.13 Å². The minimum atomic E-state index is -0.491. The lowest BCUT2D eigenvalue weighted by Gasteiger charge is -2.05. The van der Waals surface area contributed by atoms with Gasteiger partial charge in [-0.05, 0) is 36.6 Å². The number of unbranched alkanes of at least 4 members (excludes halogenated alkanes) is 1. The van der Waals surface area contributed by atoms with E-state index in [4.69, 9.17) is 4.74 Å². The summed E-state index contributed by atoms with van der Waals surface area (Å²) in [5.74, 6) is 0.283. The summed E-state index contributed by atoms with van der Waals surface area (Å²) in [5, 5.41) is 21.1. The van der Waals surface area contributed by atoms with Crippen LogP contribution in [0.1, 0.15) is 43.7 Å². The van der Waals surface area contributed by atoms with E-state index < -0.39 is 5.91 Å². The smallest absolute Gasteiger partial charge is 0.268 e. The number of nitrogens with one attached hydrogen (secondary N) is 1. The molecule has 0 spiro atoms. The standard InChI is InChI=1S/C19H22N4O2S/c1-3-5-11-25-16-9-7-14(8-10-16)12-15(13-20)18(24)21-19-23-22-17(26-19)6-4-2/h7-10,12H,3-6,11H2,1-2H3,(H,21,23,24). The number of rotatable bonds is 9. The van der Waals surface area contributed by atoms with Gasteiger partial charge in [-0.2, -0.15) is 5.26 Å². The third-order valence-electron chi connectivity index (χ3n) is 3.47. The molecule has 0 unspecified atom stereocenters. The summed E-state index contributed by atoms with van der Waals surface area (Å²) in [6.45, 7) is 4.84. The Kier molecular flexibility index (Phi) is 7.77. The Labute approximate surface area is 157 Å². The molecule has 0 aliphatic carbocycles. The zero-order valence-electron chi connectivity index (χ0n) is 15.0. The van der Waals surface area contributed by atoms with Gasteiger partial charge in [-0.25, -0.2) is 0 Å². The van der Waals surface area contributed by atoms with E-state index in [9.17, 15) is 10.1 Å². The number of nitriles is 1. The van der Waals surface area contributed by atoms with Crippen molar-refractivity contribution in [2.24, 2.45) is 0 Å². The van der Waals surface area contributed by atoms with E-state index in [1.807, 2.05) is 30.3 Å². The summed E-state index contributed by atoms with van der Waals surface area (Å²) in [6, 6.07) is 9.22. The number of ether oxygens (including phenoxy) is 1. The fraction of sp³-hybridized carbons (Fsp3) is 0.368. The highest BCUT2D eigenvalue weighted by Crippen LogP contribution is 2.19. The number of aryl methyl sites for hydroxylation is 1. The SMILES string of the molecule is CCCCOc1ccc(C=C(C#N)C(=O)Nc2nnc(CCC)s2)cc1. The van der Waals surface area contributed by atoms with Gasteiger partial charge in [-0.1, -0.05) is 43.7 Å². The van der Waals surface area contributed by atoms with Crippen molar-refractivity contribution in [3.63, 3.8) is 0 Å². The molecule has 0 bridgehead atoms. The average molecular weight is 370 g/mol. The summed E-state index contributed by atoms with van der Waals surface area (Å²) < 4.78 is 5.60. The van der Waals surface area contributed by atoms with E-state index in [-0.39, 0.29) is 5.57 Å². The first-order valence-electron chi connectivity index (χ1n) is 8.64. The molecule has 0 aliphatic heterocycles. The summed E-state index contributed by atoms with van der Waals surface area (Å²) in [6.07, 6.45) is 5.41. The molecule has 0 atom stereocenters. The predicted molar refractivity (Wildman–Crippen MR) is 103 cm³/mol. The number of hydrogen-bond acceptors (Lipinski definition) is 6. The van der Waals surface area contributed by atoms with E-state index in [2.05, 4.69) is 29.4 Å². The highest BCUT2D eigenvalue weighted by atomic mass is 32.1.